The average Bonchev–Trinajstić information content (AvgIpc) is 2.18. The average molecular weight is 177 g/mol. The molecule has 1 rings (SSSR count). The number of hydrogen-bond donors (Lipinski definition) is 0. The SMILES string of the molecule is CCON(C)c1cccc(C#N)n1. The lowest BCUT2D eigenvalue weighted by Gasteiger charge is -2.15. The minimum absolute atomic E-state index is 0.393. The van der Waals surface area contributed by atoms with Crippen LogP contribution in [0.1, 0.15) is 12.6 Å². The standard InChI is InChI=1S/C9H11N3O/c1-3-13-12(2)9-6-4-5-8(7-10)11-9/h4-6H,3H2,1-2H3. The Morgan fingerprint density at radius 2 is 2.38 bits per heavy atom. The van der Waals surface area contributed by atoms with Crippen molar-refractivity contribution in [3.05, 3.63) is 23.9 Å². The van der Waals surface area contributed by atoms with Crippen molar-refractivity contribution in [3.8, 4) is 6.07 Å². The summed E-state index contributed by atoms with van der Waals surface area (Å²) in [4.78, 5) is 9.24. The number of aromatic nitrogens is 1. The van der Waals surface area contributed by atoms with Crippen LogP contribution in [0, 0.1) is 11.3 Å². The van der Waals surface area contributed by atoms with Crippen molar-refractivity contribution in [1.82, 2.24) is 4.98 Å². The van der Waals surface area contributed by atoms with E-state index in [1.54, 1.807) is 30.3 Å². The number of hydroxylamine groups is 1. The highest BCUT2D eigenvalue weighted by molar-refractivity contribution is 5.38. The Bertz CT molecular complexity index is 319. The van der Waals surface area contributed by atoms with Crippen LogP contribution < -0.4 is 5.06 Å². The van der Waals surface area contributed by atoms with Crippen LogP contribution in [0.3, 0.4) is 0 Å². The summed E-state index contributed by atoms with van der Waals surface area (Å²) >= 11 is 0. The number of hydrogen-bond acceptors (Lipinski definition) is 4. The Morgan fingerprint density at radius 3 is 3.00 bits per heavy atom. The Hall–Kier alpha value is -1.60. The monoisotopic (exact) mass is 177 g/mol. The van der Waals surface area contributed by atoms with Crippen LogP contribution in [-0.4, -0.2) is 18.6 Å². The third kappa shape index (κ3) is 2.42. The van der Waals surface area contributed by atoms with Gasteiger partial charge in [-0.2, -0.15) is 5.26 Å². The molecular formula is C9H11N3O. The molecule has 0 bridgehead atoms. The first-order valence-electron chi connectivity index (χ1n) is 4.01. The molecule has 1 aromatic rings. The zero-order valence-corrected chi connectivity index (χ0v) is 7.69. The van der Waals surface area contributed by atoms with Crippen molar-refractivity contribution < 1.29 is 4.84 Å². The Kier molecular flexibility index (Phi) is 3.23. The molecule has 68 valence electrons. The molecule has 0 fully saturated rings. The summed E-state index contributed by atoms with van der Waals surface area (Å²) < 4.78 is 0. The summed E-state index contributed by atoms with van der Waals surface area (Å²) in [5.41, 5.74) is 0.393. The Labute approximate surface area is 77.3 Å². The van der Waals surface area contributed by atoms with Gasteiger partial charge in [0, 0.05) is 7.05 Å². The van der Waals surface area contributed by atoms with E-state index in [1.165, 1.54) is 0 Å². The van der Waals surface area contributed by atoms with Gasteiger partial charge in [-0.25, -0.2) is 10.0 Å². The lowest BCUT2D eigenvalue weighted by atomic mass is 10.4. The van der Waals surface area contributed by atoms with Crippen molar-refractivity contribution in [3.63, 3.8) is 0 Å². The number of anilines is 1. The van der Waals surface area contributed by atoms with Crippen molar-refractivity contribution in [2.75, 3.05) is 18.7 Å². The van der Waals surface area contributed by atoms with Gasteiger partial charge >= 0.3 is 0 Å². The largest absolute Gasteiger partial charge is 0.273 e. The summed E-state index contributed by atoms with van der Waals surface area (Å²) in [6.07, 6.45) is 0. The second-order valence-electron chi connectivity index (χ2n) is 2.41. The van der Waals surface area contributed by atoms with E-state index in [-0.39, 0.29) is 0 Å². The van der Waals surface area contributed by atoms with Gasteiger partial charge in [-0.1, -0.05) is 6.07 Å². The predicted octanol–water partition coefficient (Wildman–Crippen LogP) is 1.34. The maximum atomic E-state index is 8.60. The molecule has 0 N–H and O–H groups in total. The fourth-order valence-electron chi connectivity index (χ4n) is 0.921. The minimum Gasteiger partial charge on any atom is -0.273 e. The molecule has 1 heterocycles. The molecule has 0 amide bonds. The number of pyridine rings is 1. The van der Waals surface area contributed by atoms with Gasteiger partial charge in [-0.15, -0.1) is 0 Å². The first kappa shape index (κ1) is 9.49. The third-order valence-electron chi connectivity index (χ3n) is 1.49. The quantitative estimate of drug-likeness (QED) is 0.654. The second-order valence-corrected chi connectivity index (χ2v) is 2.41. The highest BCUT2D eigenvalue weighted by Gasteiger charge is 2.01. The molecule has 4 heteroatoms. The van der Waals surface area contributed by atoms with Gasteiger partial charge in [-0.05, 0) is 19.1 Å². The van der Waals surface area contributed by atoms with E-state index < -0.39 is 0 Å². The third-order valence-corrected chi connectivity index (χ3v) is 1.49. The molecule has 1 aromatic heterocycles. The summed E-state index contributed by atoms with van der Waals surface area (Å²) in [5.74, 6) is 0.640. The van der Waals surface area contributed by atoms with E-state index in [0.29, 0.717) is 18.1 Å². The topological polar surface area (TPSA) is 49.1 Å². The molecule has 0 unspecified atom stereocenters. The molecule has 0 aliphatic carbocycles. The smallest absolute Gasteiger partial charge is 0.153 e. The Morgan fingerprint density at radius 1 is 1.62 bits per heavy atom. The molecule has 4 nitrogen and oxygen atoms in total. The maximum absolute atomic E-state index is 8.60. The first-order valence-corrected chi connectivity index (χ1v) is 4.01. The maximum Gasteiger partial charge on any atom is 0.153 e. The van der Waals surface area contributed by atoms with Crippen molar-refractivity contribution in [1.29, 1.82) is 5.26 Å². The van der Waals surface area contributed by atoms with Crippen LogP contribution in [0.2, 0.25) is 0 Å². The van der Waals surface area contributed by atoms with Crippen molar-refractivity contribution in [2.45, 2.75) is 6.92 Å². The lowest BCUT2D eigenvalue weighted by Crippen LogP contribution is -2.18. The first-order chi connectivity index (χ1) is 6.27. The van der Waals surface area contributed by atoms with Gasteiger partial charge in [0.2, 0.25) is 0 Å². The summed E-state index contributed by atoms with van der Waals surface area (Å²) in [5, 5.41) is 10.1. The summed E-state index contributed by atoms with van der Waals surface area (Å²) in [6, 6.07) is 7.19. The highest BCUT2D eigenvalue weighted by Crippen LogP contribution is 2.08. The van der Waals surface area contributed by atoms with Gasteiger partial charge in [0.25, 0.3) is 0 Å². The zero-order valence-electron chi connectivity index (χ0n) is 7.69. The van der Waals surface area contributed by atoms with Crippen LogP contribution in [0.15, 0.2) is 18.2 Å². The summed E-state index contributed by atoms with van der Waals surface area (Å²) in [7, 11) is 1.76. The molecule has 0 spiro atoms. The minimum atomic E-state index is 0.393. The van der Waals surface area contributed by atoms with E-state index >= 15 is 0 Å². The highest BCUT2D eigenvalue weighted by atomic mass is 16.7. The fraction of sp³-hybridized carbons (Fsp3) is 0.333. The zero-order chi connectivity index (χ0) is 9.68. The van der Waals surface area contributed by atoms with Crippen LogP contribution in [0.5, 0.6) is 0 Å². The van der Waals surface area contributed by atoms with Crippen LogP contribution in [0.4, 0.5) is 5.82 Å². The molecule has 0 aliphatic rings. The van der Waals surface area contributed by atoms with Crippen molar-refractivity contribution in [2.24, 2.45) is 0 Å². The van der Waals surface area contributed by atoms with Gasteiger partial charge in [0.1, 0.15) is 11.8 Å². The molecule has 0 aliphatic heterocycles. The van der Waals surface area contributed by atoms with Gasteiger partial charge in [0.05, 0.1) is 6.61 Å². The summed E-state index contributed by atoms with van der Waals surface area (Å²) in [6.45, 7) is 2.47. The lowest BCUT2D eigenvalue weighted by molar-refractivity contribution is 0.133. The number of nitrogens with zero attached hydrogens (tertiary/aromatic N) is 3. The van der Waals surface area contributed by atoms with Gasteiger partial charge in [0.15, 0.2) is 5.82 Å². The van der Waals surface area contributed by atoms with Crippen LogP contribution in [-0.2, 0) is 4.84 Å². The molecule has 0 atom stereocenters. The molecule has 0 saturated carbocycles. The van der Waals surface area contributed by atoms with Gasteiger partial charge < -0.3 is 0 Å². The molecular weight excluding hydrogens is 166 g/mol. The molecule has 0 aromatic carbocycles. The fourth-order valence-corrected chi connectivity index (χ4v) is 0.921. The van der Waals surface area contributed by atoms with E-state index in [2.05, 4.69) is 4.98 Å². The van der Waals surface area contributed by atoms with E-state index in [1.807, 2.05) is 13.0 Å². The van der Waals surface area contributed by atoms with Crippen molar-refractivity contribution >= 4 is 5.82 Å². The number of rotatable bonds is 3. The van der Waals surface area contributed by atoms with E-state index in [9.17, 15) is 0 Å². The normalized spacial score (nSPS) is 9.31. The molecule has 0 saturated heterocycles. The molecule has 13 heavy (non-hydrogen) atoms. The van der Waals surface area contributed by atoms with Gasteiger partial charge in [-0.3, -0.25) is 4.84 Å². The molecule has 0 radical (unpaired) electrons. The van der Waals surface area contributed by atoms with E-state index in [4.69, 9.17) is 10.1 Å². The predicted molar refractivity (Wildman–Crippen MR) is 49.0 cm³/mol. The Balaban J connectivity index is 2.83. The van der Waals surface area contributed by atoms with E-state index in [0.717, 1.165) is 0 Å². The number of nitriles is 1. The van der Waals surface area contributed by atoms with Crippen LogP contribution in [0.25, 0.3) is 0 Å². The van der Waals surface area contributed by atoms with Crippen LogP contribution >= 0.6 is 0 Å². The second kappa shape index (κ2) is 4.43.